The van der Waals surface area contributed by atoms with Crippen molar-refractivity contribution in [2.24, 2.45) is 0 Å². The molecule has 2 heterocycles. The molecular weight excluding hydrogens is 325 g/mol. The number of nitrogens with one attached hydrogen (secondary N) is 1. The van der Waals surface area contributed by atoms with Crippen LogP contribution < -0.4 is 5.32 Å². The molecule has 0 saturated carbocycles. The second-order valence-corrected chi connectivity index (χ2v) is 7.40. The summed E-state index contributed by atoms with van der Waals surface area (Å²) in [6, 6.07) is 5.20. The SMILES string of the molecule is CC(O)(CNC(=O)c1cc(Cl)sc1Cl)c1cccs1. The first kappa shape index (κ1) is 14.8. The van der Waals surface area contributed by atoms with E-state index < -0.39 is 5.60 Å². The molecule has 1 atom stereocenters. The number of carbonyl (C=O) groups excluding carboxylic acids is 1. The lowest BCUT2D eigenvalue weighted by Gasteiger charge is -2.22. The van der Waals surface area contributed by atoms with Gasteiger partial charge in [-0.1, -0.05) is 29.3 Å². The van der Waals surface area contributed by atoms with Crippen LogP contribution in [0.5, 0.6) is 0 Å². The van der Waals surface area contributed by atoms with Crippen LogP contribution in [0.25, 0.3) is 0 Å². The van der Waals surface area contributed by atoms with Gasteiger partial charge in [-0.3, -0.25) is 4.79 Å². The smallest absolute Gasteiger partial charge is 0.253 e. The predicted octanol–water partition coefficient (Wildman–Crippen LogP) is 3.75. The van der Waals surface area contributed by atoms with Crippen LogP contribution in [-0.4, -0.2) is 17.6 Å². The fraction of sp³-hybridized carbons (Fsp3) is 0.250. The maximum Gasteiger partial charge on any atom is 0.253 e. The lowest BCUT2D eigenvalue weighted by Crippen LogP contribution is -2.38. The van der Waals surface area contributed by atoms with Crippen LogP contribution in [0.3, 0.4) is 0 Å². The lowest BCUT2D eigenvalue weighted by molar-refractivity contribution is 0.0557. The Hall–Kier alpha value is -0.590. The summed E-state index contributed by atoms with van der Waals surface area (Å²) >= 11 is 14.3. The molecule has 2 N–H and O–H groups in total. The van der Waals surface area contributed by atoms with Gasteiger partial charge >= 0.3 is 0 Å². The van der Waals surface area contributed by atoms with Crippen LogP contribution in [0.1, 0.15) is 22.2 Å². The van der Waals surface area contributed by atoms with Gasteiger partial charge in [-0.05, 0) is 24.4 Å². The van der Waals surface area contributed by atoms with E-state index in [1.807, 2.05) is 17.5 Å². The molecule has 2 rings (SSSR count). The molecule has 0 aliphatic rings. The summed E-state index contributed by atoms with van der Waals surface area (Å²) in [5.41, 5.74) is -0.769. The molecule has 0 radical (unpaired) electrons. The Balaban J connectivity index is 2.03. The molecule has 7 heteroatoms. The summed E-state index contributed by atoms with van der Waals surface area (Å²) in [6.45, 7) is 1.76. The maximum absolute atomic E-state index is 11.9. The number of aliphatic hydroxyl groups is 1. The Labute approximate surface area is 128 Å². The van der Waals surface area contributed by atoms with Gasteiger partial charge in [0.15, 0.2) is 0 Å². The molecule has 0 aromatic carbocycles. The average molecular weight is 336 g/mol. The van der Waals surface area contributed by atoms with Gasteiger partial charge in [0.1, 0.15) is 9.94 Å². The quantitative estimate of drug-likeness (QED) is 0.893. The van der Waals surface area contributed by atoms with Gasteiger partial charge in [-0.2, -0.15) is 0 Å². The van der Waals surface area contributed by atoms with E-state index in [1.54, 1.807) is 6.92 Å². The summed E-state index contributed by atoms with van der Waals surface area (Å²) in [7, 11) is 0. The minimum absolute atomic E-state index is 0.107. The third-order valence-electron chi connectivity index (χ3n) is 2.55. The van der Waals surface area contributed by atoms with Crippen molar-refractivity contribution in [1.82, 2.24) is 5.32 Å². The summed E-state index contributed by atoms with van der Waals surface area (Å²) in [6.07, 6.45) is 0. The topological polar surface area (TPSA) is 49.3 Å². The molecule has 0 bridgehead atoms. The Morgan fingerprint density at radius 3 is 2.79 bits per heavy atom. The monoisotopic (exact) mass is 335 g/mol. The van der Waals surface area contributed by atoms with Crippen LogP contribution in [0.4, 0.5) is 0 Å². The second-order valence-electron chi connectivity index (χ2n) is 4.17. The Morgan fingerprint density at radius 1 is 1.53 bits per heavy atom. The fourth-order valence-corrected chi connectivity index (χ4v) is 3.76. The highest BCUT2D eigenvalue weighted by atomic mass is 35.5. The Morgan fingerprint density at radius 2 is 2.26 bits per heavy atom. The molecule has 0 saturated heterocycles. The van der Waals surface area contributed by atoms with Gasteiger partial charge in [-0.25, -0.2) is 0 Å². The largest absolute Gasteiger partial charge is 0.383 e. The van der Waals surface area contributed by atoms with Crippen LogP contribution in [0.15, 0.2) is 23.6 Å². The number of thiophene rings is 2. The third-order valence-corrected chi connectivity index (χ3v) is 5.16. The number of halogens is 2. The molecule has 0 aliphatic heterocycles. The van der Waals surface area contributed by atoms with Gasteiger partial charge in [-0.15, -0.1) is 22.7 Å². The highest BCUT2D eigenvalue weighted by molar-refractivity contribution is 7.20. The zero-order valence-corrected chi connectivity index (χ0v) is 13.1. The van der Waals surface area contributed by atoms with Crippen molar-refractivity contribution in [2.75, 3.05) is 6.54 Å². The van der Waals surface area contributed by atoms with Crippen molar-refractivity contribution >= 4 is 51.8 Å². The lowest BCUT2D eigenvalue weighted by atomic mass is 10.1. The highest BCUT2D eigenvalue weighted by Crippen LogP contribution is 2.31. The molecule has 1 amide bonds. The van der Waals surface area contributed by atoms with Crippen molar-refractivity contribution in [3.05, 3.63) is 42.7 Å². The summed E-state index contributed by atoms with van der Waals surface area (Å²) < 4.78 is 0.804. The Bertz CT molecular complexity index is 579. The van der Waals surface area contributed by atoms with E-state index in [-0.39, 0.29) is 12.5 Å². The first-order valence-electron chi connectivity index (χ1n) is 5.39. The van der Waals surface area contributed by atoms with Gasteiger partial charge < -0.3 is 10.4 Å². The number of carbonyl (C=O) groups is 1. The molecule has 3 nitrogen and oxygen atoms in total. The zero-order valence-electron chi connectivity index (χ0n) is 9.94. The van der Waals surface area contributed by atoms with E-state index in [0.717, 1.165) is 16.2 Å². The minimum atomic E-state index is -1.10. The second kappa shape index (κ2) is 5.81. The zero-order chi connectivity index (χ0) is 14.0. The summed E-state index contributed by atoms with van der Waals surface area (Å²) in [4.78, 5) is 12.7. The fourth-order valence-electron chi connectivity index (χ4n) is 1.51. The molecule has 2 aromatic rings. The van der Waals surface area contributed by atoms with Crippen molar-refractivity contribution < 1.29 is 9.90 Å². The number of hydrogen-bond donors (Lipinski definition) is 2. The van der Waals surface area contributed by atoms with Crippen LogP contribution >= 0.6 is 45.9 Å². The molecule has 102 valence electrons. The van der Waals surface area contributed by atoms with E-state index in [0.29, 0.717) is 14.2 Å². The molecule has 19 heavy (non-hydrogen) atoms. The molecule has 2 aromatic heterocycles. The molecule has 0 fully saturated rings. The van der Waals surface area contributed by atoms with E-state index in [2.05, 4.69) is 5.32 Å². The van der Waals surface area contributed by atoms with E-state index >= 15 is 0 Å². The molecule has 0 spiro atoms. The first-order chi connectivity index (χ1) is 8.90. The molecule has 1 unspecified atom stereocenters. The number of amides is 1. The minimum Gasteiger partial charge on any atom is -0.383 e. The average Bonchev–Trinajstić information content (AvgIpc) is 2.96. The van der Waals surface area contributed by atoms with Gasteiger partial charge in [0, 0.05) is 4.88 Å². The normalized spacial score (nSPS) is 14.1. The van der Waals surface area contributed by atoms with E-state index in [1.165, 1.54) is 17.4 Å². The van der Waals surface area contributed by atoms with Gasteiger partial charge in [0.2, 0.25) is 0 Å². The van der Waals surface area contributed by atoms with Crippen molar-refractivity contribution in [1.29, 1.82) is 0 Å². The van der Waals surface area contributed by atoms with Crippen molar-refractivity contribution in [3.8, 4) is 0 Å². The standard InChI is InChI=1S/C12H11Cl2NO2S2/c1-12(17,8-3-2-4-18-8)6-15-11(16)7-5-9(13)19-10(7)14/h2-5,17H,6H2,1H3,(H,15,16). The molecule has 0 aliphatic carbocycles. The third kappa shape index (κ3) is 3.49. The van der Waals surface area contributed by atoms with Crippen LogP contribution in [0.2, 0.25) is 8.67 Å². The van der Waals surface area contributed by atoms with Crippen molar-refractivity contribution in [3.63, 3.8) is 0 Å². The van der Waals surface area contributed by atoms with Crippen LogP contribution in [0, 0.1) is 0 Å². The molecular formula is C12H11Cl2NO2S2. The highest BCUT2D eigenvalue weighted by Gasteiger charge is 2.25. The van der Waals surface area contributed by atoms with Gasteiger partial charge in [0.05, 0.1) is 16.4 Å². The summed E-state index contributed by atoms with van der Waals surface area (Å²) in [5.74, 6) is -0.343. The number of hydrogen-bond acceptors (Lipinski definition) is 4. The number of rotatable bonds is 4. The van der Waals surface area contributed by atoms with Gasteiger partial charge in [0.25, 0.3) is 5.91 Å². The maximum atomic E-state index is 11.9. The van der Waals surface area contributed by atoms with E-state index in [9.17, 15) is 9.90 Å². The predicted molar refractivity (Wildman–Crippen MR) is 80.6 cm³/mol. The summed E-state index contributed by atoms with van der Waals surface area (Å²) in [5, 5.41) is 14.8. The van der Waals surface area contributed by atoms with E-state index in [4.69, 9.17) is 23.2 Å². The Kier molecular flexibility index (Phi) is 4.53. The van der Waals surface area contributed by atoms with Crippen LogP contribution in [-0.2, 0) is 5.60 Å². The first-order valence-corrected chi connectivity index (χ1v) is 7.85. The van der Waals surface area contributed by atoms with Crippen molar-refractivity contribution in [2.45, 2.75) is 12.5 Å².